The van der Waals surface area contributed by atoms with E-state index in [0.717, 1.165) is 25.9 Å². The molecule has 7 nitrogen and oxygen atoms in total. The van der Waals surface area contributed by atoms with E-state index in [9.17, 15) is 14.4 Å². The van der Waals surface area contributed by atoms with Crippen molar-refractivity contribution < 1.29 is 14.4 Å². The highest BCUT2D eigenvalue weighted by Crippen LogP contribution is 2.11. The van der Waals surface area contributed by atoms with Crippen molar-refractivity contribution in [1.82, 2.24) is 15.5 Å². The highest BCUT2D eigenvalue weighted by molar-refractivity contribution is 5.94. The molecule has 0 spiro atoms. The van der Waals surface area contributed by atoms with E-state index in [2.05, 4.69) is 15.5 Å². The first-order valence-electron chi connectivity index (χ1n) is 7.72. The van der Waals surface area contributed by atoms with E-state index < -0.39 is 6.03 Å². The van der Waals surface area contributed by atoms with Gasteiger partial charge in [0.15, 0.2) is 0 Å². The fourth-order valence-corrected chi connectivity index (χ4v) is 2.62. The zero-order chi connectivity index (χ0) is 16.7. The second-order valence-corrected chi connectivity index (χ2v) is 5.62. The van der Waals surface area contributed by atoms with Crippen LogP contribution in [-0.2, 0) is 4.79 Å². The predicted octanol–water partition coefficient (Wildman–Crippen LogP) is 0.466. The standard InChI is InChI=1S/C16H22N4O3/c17-16(23)19-14(21)8-11-20-9-6-13(7-10-20)18-15(22)12-4-2-1-3-5-12/h1-5,13H,6-11H2,(H,18,22)(H3,17,19,21,23). The van der Waals surface area contributed by atoms with E-state index in [-0.39, 0.29) is 24.3 Å². The summed E-state index contributed by atoms with van der Waals surface area (Å²) < 4.78 is 0. The Hall–Kier alpha value is -2.41. The number of primary amides is 1. The lowest BCUT2D eigenvalue weighted by Gasteiger charge is -2.32. The summed E-state index contributed by atoms with van der Waals surface area (Å²) in [6.07, 6.45) is 1.93. The molecule has 0 atom stereocenters. The third-order valence-corrected chi connectivity index (χ3v) is 3.88. The van der Waals surface area contributed by atoms with Crippen molar-refractivity contribution in [2.75, 3.05) is 19.6 Å². The maximum atomic E-state index is 12.1. The molecule has 4 amide bonds. The summed E-state index contributed by atoms with van der Waals surface area (Å²) in [5, 5.41) is 5.09. The number of likely N-dealkylation sites (tertiary alicyclic amines) is 1. The number of nitrogens with one attached hydrogen (secondary N) is 2. The predicted molar refractivity (Wildman–Crippen MR) is 85.7 cm³/mol. The number of carbonyl (C=O) groups is 3. The van der Waals surface area contributed by atoms with E-state index in [0.29, 0.717) is 12.1 Å². The molecular formula is C16H22N4O3. The number of rotatable bonds is 5. The second kappa shape index (κ2) is 8.28. The van der Waals surface area contributed by atoms with Crippen LogP contribution in [0.15, 0.2) is 30.3 Å². The Kier molecular flexibility index (Phi) is 6.10. The van der Waals surface area contributed by atoms with Gasteiger partial charge in [0, 0.05) is 37.7 Å². The highest BCUT2D eigenvalue weighted by Gasteiger charge is 2.21. The maximum Gasteiger partial charge on any atom is 0.318 e. The fraction of sp³-hybridized carbons (Fsp3) is 0.438. The van der Waals surface area contributed by atoms with E-state index in [1.54, 1.807) is 12.1 Å². The van der Waals surface area contributed by atoms with Gasteiger partial charge in [-0.15, -0.1) is 0 Å². The number of nitrogens with zero attached hydrogens (tertiary/aromatic N) is 1. The summed E-state index contributed by atoms with van der Waals surface area (Å²) in [6.45, 7) is 2.20. The Morgan fingerprint density at radius 1 is 1.13 bits per heavy atom. The van der Waals surface area contributed by atoms with Crippen LogP contribution < -0.4 is 16.4 Å². The number of hydrogen-bond donors (Lipinski definition) is 3. The number of piperidine rings is 1. The molecule has 2 rings (SSSR count). The summed E-state index contributed by atoms with van der Waals surface area (Å²) in [4.78, 5) is 36.2. The molecule has 1 heterocycles. The van der Waals surface area contributed by atoms with E-state index in [1.165, 1.54) is 0 Å². The van der Waals surface area contributed by atoms with Gasteiger partial charge in [-0.3, -0.25) is 14.9 Å². The minimum Gasteiger partial charge on any atom is -0.351 e. The summed E-state index contributed by atoms with van der Waals surface area (Å²) in [7, 11) is 0. The molecule has 1 aromatic rings. The van der Waals surface area contributed by atoms with Gasteiger partial charge in [0.1, 0.15) is 0 Å². The van der Waals surface area contributed by atoms with Crippen molar-refractivity contribution in [2.24, 2.45) is 5.73 Å². The Balaban J connectivity index is 1.69. The molecule has 0 aliphatic carbocycles. The lowest BCUT2D eigenvalue weighted by Crippen LogP contribution is -2.45. The summed E-state index contributed by atoms with van der Waals surface area (Å²) >= 11 is 0. The number of urea groups is 1. The molecule has 0 bridgehead atoms. The van der Waals surface area contributed by atoms with Crippen molar-refractivity contribution >= 4 is 17.8 Å². The Morgan fingerprint density at radius 3 is 2.39 bits per heavy atom. The van der Waals surface area contributed by atoms with Gasteiger partial charge in [0.05, 0.1) is 0 Å². The van der Waals surface area contributed by atoms with Gasteiger partial charge in [-0.05, 0) is 25.0 Å². The Labute approximate surface area is 135 Å². The van der Waals surface area contributed by atoms with Gasteiger partial charge in [-0.25, -0.2) is 4.79 Å². The quantitative estimate of drug-likeness (QED) is 0.734. The van der Waals surface area contributed by atoms with Crippen LogP contribution in [-0.4, -0.2) is 48.4 Å². The first kappa shape index (κ1) is 17.0. The first-order chi connectivity index (χ1) is 11.0. The molecule has 7 heteroatoms. The number of benzene rings is 1. The van der Waals surface area contributed by atoms with Crippen molar-refractivity contribution in [3.63, 3.8) is 0 Å². The smallest absolute Gasteiger partial charge is 0.318 e. The molecule has 4 N–H and O–H groups in total. The average Bonchev–Trinajstić information content (AvgIpc) is 2.54. The van der Waals surface area contributed by atoms with E-state index in [1.807, 2.05) is 18.2 Å². The Bertz CT molecular complexity index is 554. The molecule has 1 aromatic carbocycles. The number of imide groups is 1. The van der Waals surface area contributed by atoms with Crippen LogP contribution in [0.25, 0.3) is 0 Å². The Morgan fingerprint density at radius 2 is 1.78 bits per heavy atom. The van der Waals surface area contributed by atoms with Crippen LogP contribution >= 0.6 is 0 Å². The lowest BCUT2D eigenvalue weighted by atomic mass is 10.0. The molecule has 124 valence electrons. The molecule has 23 heavy (non-hydrogen) atoms. The second-order valence-electron chi connectivity index (χ2n) is 5.62. The molecule has 1 aliphatic heterocycles. The van der Waals surface area contributed by atoms with Gasteiger partial charge >= 0.3 is 6.03 Å². The number of hydrogen-bond acceptors (Lipinski definition) is 4. The van der Waals surface area contributed by atoms with Crippen LogP contribution in [0.4, 0.5) is 4.79 Å². The number of amides is 4. The highest BCUT2D eigenvalue weighted by atomic mass is 16.2. The molecule has 0 saturated carbocycles. The SMILES string of the molecule is NC(=O)NC(=O)CCN1CCC(NC(=O)c2ccccc2)CC1. The van der Waals surface area contributed by atoms with Crippen LogP contribution in [0.5, 0.6) is 0 Å². The van der Waals surface area contributed by atoms with E-state index >= 15 is 0 Å². The number of carbonyl (C=O) groups excluding carboxylic acids is 3. The van der Waals surface area contributed by atoms with Gasteiger partial charge in [-0.2, -0.15) is 0 Å². The van der Waals surface area contributed by atoms with Crippen molar-refractivity contribution in [3.8, 4) is 0 Å². The van der Waals surface area contributed by atoms with Crippen LogP contribution in [0.2, 0.25) is 0 Å². The topological polar surface area (TPSA) is 105 Å². The molecule has 1 saturated heterocycles. The van der Waals surface area contributed by atoms with Gasteiger partial charge in [0.2, 0.25) is 5.91 Å². The molecule has 0 radical (unpaired) electrons. The monoisotopic (exact) mass is 318 g/mol. The zero-order valence-electron chi connectivity index (χ0n) is 13.0. The minimum absolute atomic E-state index is 0.0510. The van der Waals surface area contributed by atoms with Crippen LogP contribution in [0.3, 0.4) is 0 Å². The summed E-state index contributed by atoms with van der Waals surface area (Å²) in [6, 6.07) is 8.48. The molecule has 0 aromatic heterocycles. The third kappa shape index (κ3) is 5.71. The van der Waals surface area contributed by atoms with Gasteiger partial charge < -0.3 is 16.0 Å². The van der Waals surface area contributed by atoms with Gasteiger partial charge in [-0.1, -0.05) is 18.2 Å². The fourth-order valence-electron chi connectivity index (χ4n) is 2.62. The molecular weight excluding hydrogens is 296 g/mol. The van der Waals surface area contributed by atoms with Crippen LogP contribution in [0.1, 0.15) is 29.6 Å². The zero-order valence-corrected chi connectivity index (χ0v) is 13.0. The molecule has 1 fully saturated rings. The lowest BCUT2D eigenvalue weighted by molar-refractivity contribution is -0.120. The first-order valence-corrected chi connectivity index (χ1v) is 7.72. The summed E-state index contributed by atoms with van der Waals surface area (Å²) in [5.41, 5.74) is 5.55. The average molecular weight is 318 g/mol. The van der Waals surface area contributed by atoms with Crippen molar-refractivity contribution in [3.05, 3.63) is 35.9 Å². The van der Waals surface area contributed by atoms with Crippen molar-refractivity contribution in [2.45, 2.75) is 25.3 Å². The largest absolute Gasteiger partial charge is 0.351 e. The van der Waals surface area contributed by atoms with Crippen molar-refractivity contribution in [1.29, 1.82) is 0 Å². The van der Waals surface area contributed by atoms with Gasteiger partial charge in [0.25, 0.3) is 5.91 Å². The third-order valence-electron chi connectivity index (χ3n) is 3.88. The minimum atomic E-state index is -0.822. The molecule has 1 aliphatic rings. The van der Waals surface area contributed by atoms with E-state index in [4.69, 9.17) is 5.73 Å². The van der Waals surface area contributed by atoms with Crippen LogP contribution in [0, 0.1) is 0 Å². The number of nitrogens with two attached hydrogens (primary N) is 1. The molecule has 0 unspecified atom stereocenters. The normalized spacial score (nSPS) is 15.8. The maximum absolute atomic E-state index is 12.1. The summed E-state index contributed by atoms with van der Waals surface area (Å²) in [5.74, 6) is -0.415.